The van der Waals surface area contributed by atoms with E-state index in [9.17, 15) is 28.1 Å². The lowest BCUT2D eigenvalue weighted by molar-refractivity contribution is -0.384. The molecule has 1 aliphatic rings. The second-order valence-corrected chi connectivity index (χ2v) is 17.0. The number of nitro groups is 1. The van der Waals surface area contributed by atoms with Gasteiger partial charge in [-0.1, -0.05) is 29.8 Å². The zero-order valence-electron chi connectivity index (χ0n) is 31.9. The van der Waals surface area contributed by atoms with E-state index in [1.807, 2.05) is 13.0 Å². The maximum atomic E-state index is 14.1. The van der Waals surface area contributed by atoms with Gasteiger partial charge in [-0.2, -0.15) is 0 Å². The number of aromatic nitrogens is 4. The molecule has 2 amide bonds. The molecule has 3 N–H and O–H groups in total. The summed E-state index contributed by atoms with van der Waals surface area (Å²) in [6.07, 6.45) is 9.35. The molecule has 2 aromatic carbocycles. The molecule has 1 aliphatic carbocycles. The predicted octanol–water partition coefficient (Wildman–Crippen LogP) is 7.28. The number of aryl methyl sites for hydroxylation is 1. The van der Waals surface area contributed by atoms with Crippen LogP contribution in [-0.4, -0.2) is 62.0 Å². The Morgan fingerprint density at radius 2 is 1.68 bits per heavy atom. The molecule has 7 rings (SSSR count). The van der Waals surface area contributed by atoms with Crippen molar-refractivity contribution in [3.8, 4) is 11.1 Å². The lowest BCUT2D eigenvalue weighted by Gasteiger charge is -2.31. The molecule has 0 spiro atoms. The lowest BCUT2D eigenvalue weighted by atomic mass is 9.91. The molecule has 0 saturated heterocycles. The van der Waals surface area contributed by atoms with Crippen molar-refractivity contribution in [3.63, 3.8) is 0 Å². The van der Waals surface area contributed by atoms with Crippen LogP contribution in [0.5, 0.6) is 0 Å². The zero-order chi connectivity index (χ0) is 40.5. The molecular weight excluding hydrogens is 749 g/mol. The Kier molecular flexibility index (Phi) is 10.6. The summed E-state index contributed by atoms with van der Waals surface area (Å²) in [5.41, 5.74) is 2.87. The Bertz CT molecular complexity index is 2600. The van der Waals surface area contributed by atoms with Gasteiger partial charge in [-0.05, 0) is 101 Å². The molecule has 0 radical (unpaired) electrons. The zero-order valence-corrected chi connectivity index (χ0v) is 32.7. The van der Waals surface area contributed by atoms with Crippen LogP contribution in [0.1, 0.15) is 67.9 Å². The average Bonchev–Trinajstić information content (AvgIpc) is 3.57. The first kappa shape index (κ1) is 38.8. The molecule has 6 aromatic rings. The van der Waals surface area contributed by atoms with Crippen LogP contribution in [0.25, 0.3) is 33.1 Å². The van der Waals surface area contributed by atoms with E-state index < -0.39 is 32.5 Å². The Morgan fingerprint density at radius 3 is 2.37 bits per heavy atom. The number of anilines is 1. The molecule has 0 atom stereocenters. The summed E-state index contributed by atoms with van der Waals surface area (Å²) in [6.45, 7) is 7.48. The molecule has 57 heavy (non-hydrogen) atoms. The second-order valence-electron chi connectivity index (χ2n) is 15.1. The van der Waals surface area contributed by atoms with Crippen molar-refractivity contribution in [3.05, 3.63) is 118 Å². The van der Waals surface area contributed by atoms with Gasteiger partial charge in [0, 0.05) is 59.8 Å². The highest BCUT2D eigenvalue weighted by atomic mass is 32.2. The van der Waals surface area contributed by atoms with E-state index in [2.05, 4.69) is 30.9 Å². The summed E-state index contributed by atoms with van der Waals surface area (Å²) in [5.74, 6) is -0.422. The fourth-order valence-corrected chi connectivity index (χ4v) is 8.25. The minimum absolute atomic E-state index is 0.0532. The monoisotopic (exact) mass is 790 g/mol. The van der Waals surface area contributed by atoms with Gasteiger partial charge in [0.15, 0.2) is 5.65 Å². The van der Waals surface area contributed by atoms with Crippen LogP contribution in [0.3, 0.4) is 0 Å². The number of amides is 2. The molecule has 4 heterocycles. The smallest absolute Gasteiger partial charge is 0.407 e. The minimum Gasteiger partial charge on any atom is -0.444 e. The largest absolute Gasteiger partial charge is 0.444 e. The molecule has 15 nitrogen and oxygen atoms in total. The molecule has 16 heteroatoms. The summed E-state index contributed by atoms with van der Waals surface area (Å²) < 4.78 is 34.8. The second kappa shape index (κ2) is 15.6. The van der Waals surface area contributed by atoms with Crippen LogP contribution in [-0.2, 0) is 21.3 Å². The first-order valence-corrected chi connectivity index (χ1v) is 19.9. The van der Waals surface area contributed by atoms with Gasteiger partial charge < -0.3 is 20.7 Å². The Hall–Kier alpha value is -6.42. The van der Waals surface area contributed by atoms with Crippen LogP contribution < -0.4 is 16.0 Å². The minimum atomic E-state index is -4.16. The van der Waals surface area contributed by atoms with E-state index in [4.69, 9.17) is 4.74 Å². The van der Waals surface area contributed by atoms with Gasteiger partial charge in [0.2, 0.25) is 0 Å². The van der Waals surface area contributed by atoms with E-state index in [1.165, 1.54) is 30.7 Å². The summed E-state index contributed by atoms with van der Waals surface area (Å²) in [4.78, 5) is 50.7. The van der Waals surface area contributed by atoms with Gasteiger partial charge in [0.1, 0.15) is 17.5 Å². The van der Waals surface area contributed by atoms with Gasteiger partial charge in [0.25, 0.3) is 15.9 Å². The van der Waals surface area contributed by atoms with E-state index in [-0.39, 0.29) is 46.1 Å². The van der Waals surface area contributed by atoms with E-state index in [1.54, 1.807) is 75.6 Å². The number of nitrogens with one attached hydrogen (secondary N) is 3. The van der Waals surface area contributed by atoms with E-state index in [0.29, 0.717) is 53.1 Å². The van der Waals surface area contributed by atoms with Crippen LogP contribution in [0.15, 0.2) is 96.5 Å². The van der Waals surface area contributed by atoms with Crippen molar-refractivity contribution >= 4 is 55.3 Å². The van der Waals surface area contributed by atoms with Gasteiger partial charge in [-0.15, -0.1) is 0 Å². The summed E-state index contributed by atoms with van der Waals surface area (Å²) in [7, 11) is -4.16. The summed E-state index contributed by atoms with van der Waals surface area (Å²) >= 11 is 0. The maximum Gasteiger partial charge on any atom is 0.407 e. The fraction of sp³-hybridized carbons (Fsp3) is 0.293. The number of pyridine rings is 3. The number of fused-ring (bicyclic) bond motifs is 2. The quantitative estimate of drug-likeness (QED) is 0.0930. The maximum absolute atomic E-state index is 14.1. The molecule has 1 saturated carbocycles. The third kappa shape index (κ3) is 8.55. The number of benzene rings is 2. The summed E-state index contributed by atoms with van der Waals surface area (Å²) in [6, 6.07) is 16.6. The highest BCUT2D eigenvalue weighted by Crippen LogP contribution is 2.39. The number of alkyl carbamates (subject to hydrolysis) is 1. The molecule has 4 aromatic heterocycles. The van der Waals surface area contributed by atoms with Crippen molar-refractivity contribution < 1.29 is 27.7 Å². The number of hydrogen-bond acceptors (Lipinski definition) is 11. The normalized spacial score (nSPS) is 15.9. The van der Waals surface area contributed by atoms with E-state index >= 15 is 0 Å². The van der Waals surface area contributed by atoms with E-state index in [0.717, 1.165) is 15.1 Å². The van der Waals surface area contributed by atoms with Crippen molar-refractivity contribution in [2.24, 2.45) is 0 Å². The summed E-state index contributed by atoms with van der Waals surface area (Å²) in [5, 5.41) is 22.4. The van der Waals surface area contributed by atoms with Crippen molar-refractivity contribution in [2.75, 3.05) is 5.32 Å². The third-order valence-electron chi connectivity index (χ3n) is 9.78. The highest BCUT2D eigenvalue weighted by Gasteiger charge is 2.29. The first-order valence-electron chi connectivity index (χ1n) is 18.5. The SMILES string of the molecule is Cc1ccc(S(=O)(=O)n2cc(-c3ccc4ncc([N+](=O)[O-])c(NC5CCC(NC(=O)OC(C)(C)C)CC5)c4c3)c3cc(C(=O)NCc4cccnc4)cnc32)cc1. The van der Waals surface area contributed by atoms with Gasteiger partial charge in [0.05, 0.1) is 20.9 Å². The highest BCUT2D eigenvalue weighted by molar-refractivity contribution is 7.90. The number of rotatable bonds is 10. The van der Waals surface area contributed by atoms with Crippen molar-refractivity contribution in [2.45, 2.75) is 82.5 Å². The van der Waals surface area contributed by atoms with Gasteiger partial charge >= 0.3 is 11.8 Å². The standard InChI is InChI=1S/C41H42N8O7S/c1-25-7-14-31(15-8-25)57(54,55)48-24-34(32-19-28(22-44-38(32)48)39(50)45-21-26-6-5-17-42-20-26)27-9-16-35-33(18-27)37(36(23-43-35)49(52)53)46-29-10-12-30(13-11-29)47-40(51)56-41(2,3)4/h5-9,14-20,22-24,29-30H,10-13,21H2,1-4H3,(H,43,46)(H,45,50)(H,47,51). The lowest BCUT2D eigenvalue weighted by Crippen LogP contribution is -2.42. The Balaban J connectivity index is 1.27. The number of carbonyl (C=O) groups is 2. The fourth-order valence-electron chi connectivity index (χ4n) is 6.93. The van der Waals surface area contributed by atoms with Crippen LogP contribution in [0.4, 0.5) is 16.2 Å². The van der Waals surface area contributed by atoms with Gasteiger partial charge in [-0.3, -0.25) is 19.9 Å². The van der Waals surface area contributed by atoms with Crippen LogP contribution in [0.2, 0.25) is 0 Å². The predicted molar refractivity (Wildman–Crippen MR) is 215 cm³/mol. The first-order chi connectivity index (χ1) is 27.2. The molecule has 294 valence electrons. The van der Waals surface area contributed by atoms with Crippen molar-refractivity contribution in [1.82, 2.24) is 29.6 Å². The number of nitrogens with zero attached hydrogens (tertiary/aromatic N) is 5. The molecule has 0 aliphatic heterocycles. The molecular formula is C41H42N8O7S. The Morgan fingerprint density at radius 1 is 0.947 bits per heavy atom. The van der Waals surface area contributed by atoms with Crippen LogP contribution in [0, 0.1) is 17.0 Å². The number of ether oxygens (including phenoxy) is 1. The van der Waals surface area contributed by atoms with Crippen molar-refractivity contribution in [1.29, 1.82) is 0 Å². The third-order valence-corrected chi connectivity index (χ3v) is 11.4. The average molecular weight is 791 g/mol. The Labute approximate surface area is 329 Å². The molecule has 0 bridgehead atoms. The molecule has 1 fully saturated rings. The topological polar surface area (TPSA) is 200 Å². The molecule has 0 unspecified atom stereocenters. The van der Waals surface area contributed by atoms with Gasteiger partial charge in [-0.25, -0.2) is 27.2 Å². The number of carbonyl (C=O) groups excluding carboxylic acids is 2. The van der Waals surface area contributed by atoms with Crippen LogP contribution >= 0.6 is 0 Å². The number of hydrogen-bond donors (Lipinski definition) is 3.